The minimum Gasteiger partial charge on any atom is -0.478 e. The third-order valence-electron chi connectivity index (χ3n) is 2.93. The number of carboxylic acid groups (broad SMARTS) is 1. The monoisotopic (exact) mass is 230 g/mol. The Balaban J connectivity index is 2.21. The van der Waals surface area contributed by atoms with Gasteiger partial charge < -0.3 is 24.8 Å². The first kappa shape index (κ1) is 11.5. The van der Waals surface area contributed by atoms with Crippen molar-refractivity contribution in [3.05, 3.63) is 11.6 Å². The van der Waals surface area contributed by atoms with Crippen LogP contribution in [0, 0.1) is 0 Å². The Kier molecular flexibility index (Phi) is 2.75. The van der Waals surface area contributed by atoms with Crippen molar-refractivity contribution in [2.45, 2.75) is 30.8 Å². The average molecular weight is 230 g/mol. The molecule has 2 fully saturated rings. The maximum Gasteiger partial charge on any atom is 0.331 e. The van der Waals surface area contributed by atoms with E-state index in [0.29, 0.717) is 0 Å². The Morgan fingerprint density at radius 2 is 2.19 bits per heavy atom. The highest BCUT2D eigenvalue weighted by Crippen LogP contribution is 2.35. The van der Waals surface area contributed by atoms with Crippen molar-refractivity contribution in [1.29, 1.82) is 0 Å². The number of hydrogen-bond donors (Lipinski definition) is 3. The SMILES string of the molecule is CC(=C[C@]1(O)CO[C@@H]2[C@@H](O)CO[C@@H]21)C(=O)O. The van der Waals surface area contributed by atoms with Gasteiger partial charge in [-0.2, -0.15) is 0 Å². The van der Waals surface area contributed by atoms with Crippen LogP contribution in [-0.2, 0) is 14.3 Å². The molecule has 90 valence electrons. The minimum absolute atomic E-state index is 0.0248. The van der Waals surface area contributed by atoms with E-state index in [1.54, 1.807) is 0 Å². The first-order chi connectivity index (χ1) is 7.44. The van der Waals surface area contributed by atoms with Gasteiger partial charge in [-0.3, -0.25) is 0 Å². The number of aliphatic carboxylic acids is 1. The maximum absolute atomic E-state index is 10.7. The molecule has 16 heavy (non-hydrogen) atoms. The van der Waals surface area contributed by atoms with E-state index in [1.165, 1.54) is 13.0 Å². The Morgan fingerprint density at radius 1 is 1.50 bits per heavy atom. The van der Waals surface area contributed by atoms with E-state index in [9.17, 15) is 15.0 Å². The summed E-state index contributed by atoms with van der Waals surface area (Å²) >= 11 is 0. The van der Waals surface area contributed by atoms with Crippen molar-refractivity contribution in [1.82, 2.24) is 0 Å². The molecule has 2 rings (SSSR count). The molecule has 0 spiro atoms. The lowest BCUT2D eigenvalue weighted by molar-refractivity contribution is -0.132. The summed E-state index contributed by atoms with van der Waals surface area (Å²) in [7, 11) is 0. The van der Waals surface area contributed by atoms with Gasteiger partial charge >= 0.3 is 5.97 Å². The summed E-state index contributed by atoms with van der Waals surface area (Å²) in [6.07, 6.45) is -0.824. The van der Waals surface area contributed by atoms with Crippen molar-refractivity contribution in [2.24, 2.45) is 0 Å². The van der Waals surface area contributed by atoms with Crippen LogP contribution in [0.2, 0.25) is 0 Å². The van der Waals surface area contributed by atoms with Gasteiger partial charge in [-0.25, -0.2) is 4.79 Å². The van der Waals surface area contributed by atoms with Crippen LogP contribution in [-0.4, -0.2) is 58.4 Å². The lowest BCUT2D eigenvalue weighted by Gasteiger charge is -2.23. The molecule has 0 saturated carbocycles. The van der Waals surface area contributed by atoms with Crippen LogP contribution in [0.5, 0.6) is 0 Å². The van der Waals surface area contributed by atoms with Crippen molar-refractivity contribution in [2.75, 3.05) is 13.2 Å². The zero-order chi connectivity index (χ0) is 11.9. The molecule has 0 aromatic rings. The maximum atomic E-state index is 10.7. The first-order valence-corrected chi connectivity index (χ1v) is 5.00. The summed E-state index contributed by atoms with van der Waals surface area (Å²) in [5, 5.41) is 28.4. The quantitative estimate of drug-likeness (QED) is 0.521. The van der Waals surface area contributed by atoms with Crippen LogP contribution in [0.25, 0.3) is 0 Å². The van der Waals surface area contributed by atoms with Gasteiger partial charge in [0.05, 0.1) is 13.2 Å². The molecule has 0 bridgehead atoms. The Hall–Kier alpha value is -0.950. The molecule has 2 heterocycles. The summed E-state index contributed by atoms with van der Waals surface area (Å²) in [5.41, 5.74) is -1.44. The fourth-order valence-electron chi connectivity index (χ4n) is 2.09. The van der Waals surface area contributed by atoms with Crippen LogP contribution in [0.15, 0.2) is 11.6 Å². The number of ether oxygens (including phenoxy) is 2. The summed E-state index contributed by atoms with van der Waals surface area (Å²) in [6.45, 7) is 1.42. The third-order valence-corrected chi connectivity index (χ3v) is 2.93. The highest BCUT2D eigenvalue weighted by molar-refractivity contribution is 5.86. The summed E-state index contributed by atoms with van der Waals surface area (Å²) in [6, 6.07) is 0. The number of rotatable bonds is 2. The van der Waals surface area contributed by atoms with Gasteiger partial charge in [0.1, 0.15) is 23.9 Å². The average Bonchev–Trinajstić information content (AvgIpc) is 2.71. The summed E-state index contributed by atoms with van der Waals surface area (Å²) in [5.74, 6) is -1.10. The normalized spacial score (nSPS) is 43.4. The number of aliphatic hydroxyl groups is 2. The van der Waals surface area contributed by atoms with Crippen LogP contribution >= 0.6 is 0 Å². The molecule has 0 radical (unpaired) electrons. The van der Waals surface area contributed by atoms with E-state index < -0.39 is 29.9 Å². The highest BCUT2D eigenvalue weighted by atomic mass is 16.6. The van der Waals surface area contributed by atoms with E-state index in [1.807, 2.05) is 0 Å². The van der Waals surface area contributed by atoms with E-state index in [0.717, 1.165) is 0 Å². The van der Waals surface area contributed by atoms with Gasteiger partial charge in [-0.15, -0.1) is 0 Å². The van der Waals surface area contributed by atoms with Crippen LogP contribution in [0.4, 0.5) is 0 Å². The molecule has 4 atom stereocenters. The van der Waals surface area contributed by atoms with Gasteiger partial charge in [-0.1, -0.05) is 0 Å². The number of aliphatic hydroxyl groups excluding tert-OH is 1. The molecule has 0 aromatic carbocycles. The Labute approximate surface area is 92.1 Å². The lowest BCUT2D eigenvalue weighted by atomic mass is 9.94. The van der Waals surface area contributed by atoms with Crippen molar-refractivity contribution in [3.8, 4) is 0 Å². The molecule has 0 aromatic heterocycles. The second-order valence-corrected chi connectivity index (χ2v) is 4.22. The number of hydrogen-bond acceptors (Lipinski definition) is 5. The topological polar surface area (TPSA) is 96.2 Å². The molecule has 6 heteroatoms. The molecule has 0 unspecified atom stereocenters. The summed E-state index contributed by atoms with van der Waals surface area (Å²) < 4.78 is 10.4. The Morgan fingerprint density at radius 3 is 2.81 bits per heavy atom. The van der Waals surface area contributed by atoms with Gasteiger partial charge in [0.2, 0.25) is 0 Å². The molecule has 0 aliphatic carbocycles. The summed E-state index contributed by atoms with van der Waals surface area (Å²) in [4.78, 5) is 10.7. The molecule has 2 aliphatic heterocycles. The lowest BCUT2D eigenvalue weighted by Crippen LogP contribution is -2.42. The predicted molar refractivity (Wildman–Crippen MR) is 51.8 cm³/mol. The van der Waals surface area contributed by atoms with Gasteiger partial charge in [-0.05, 0) is 13.0 Å². The number of carbonyl (C=O) groups is 1. The number of fused-ring (bicyclic) bond motifs is 1. The van der Waals surface area contributed by atoms with Gasteiger partial charge in [0.25, 0.3) is 0 Å². The molecular weight excluding hydrogens is 216 g/mol. The molecule has 2 saturated heterocycles. The molecule has 0 amide bonds. The van der Waals surface area contributed by atoms with Crippen LogP contribution in [0.1, 0.15) is 6.92 Å². The fraction of sp³-hybridized carbons (Fsp3) is 0.700. The molecule has 3 N–H and O–H groups in total. The molecule has 2 aliphatic rings. The predicted octanol–water partition coefficient (Wildman–Crippen LogP) is -1.09. The van der Waals surface area contributed by atoms with E-state index in [4.69, 9.17) is 14.6 Å². The zero-order valence-corrected chi connectivity index (χ0v) is 8.79. The van der Waals surface area contributed by atoms with Crippen LogP contribution in [0.3, 0.4) is 0 Å². The standard InChI is InChI=1S/C10H14O6/c1-5(9(12)13)2-10(14)4-16-7-6(11)3-15-8(7)10/h2,6-8,11,14H,3-4H2,1H3,(H,12,13)/t6-,7+,8-,10-/m0/s1. The van der Waals surface area contributed by atoms with E-state index >= 15 is 0 Å². The minimum atomic E-state index is -1.47. The van der Waals surface area contributed by atoms with Crippen molar-refractivity contribution < 1.29 is 29.6 Å². The molecular formula is C10H14O6. The second kappa shape index (κ2) is 3.81. The van der Waals surface area contributed by atoms with E-state index in [2.05, 4.69) is 0 Å². The second-order valence-electron chi connectivity index (χ2n) is 4.22. The van der Waals surface area contributed by atoms with E-state index in [-0.39, 0.29) is 18.8 Å². The highest BCUT2D eigenvalue weighted by Gasteiger charge is 2.54. The van der Waals surface area contributed by atoms with Crippen molar-refractivity contribution in [3.63, 3.8) is 0 Å². The Bertz CT molecular complexity index is 338. The zero-order valence-electron chi connectivity index (χ0n) is 8.79. The van der Waals surface area contributed by atoms with Crippen molar-refractivity contribution >= 4 is 5.97 Å². The fourth-order valence-corrected chi connectivity index (χ4v) is 2.09. The largest absolute Gasteiger partial charge is 0.478 e. The third kappa shape index (κ3) is 1.73. The molecule has 6 nitrogen and oxygen atoms in total. The van der Waals surface area contributed by atoms with Crippen LogP contribution < -0.4 is 0 Å². The van der Waals surface area contributed by atoms with Gasteiger partial charge in [0, 0.05) is 5.57 Å². The number of carboxylic acids is 1. The van der Waals surface area contributed by atoms with Gasteiger partial charge in [0.15, 0.2) is 0 Å². The first-order valence-electron chi connectivity index (χ1n) is 5.00. The smallest absolute Gasteiger partial charge is 0.331 e.